The second-order valence-electron chi connectivity index (χ2n) is 3.59. The molecule has 0 aliphatic rings. The van der Waals surface area contributed by atoms with Crippen LogP contribution in [0.25, 0.3) is 0 Å². The maximum Gasteiger partial charge on any atom is 0.303 e. The Morgan fingerprint density at radius 1 is 1.00 bits per heavy atom. The van der Waals surface area contributed by atoms with E-state index in [-0.39, 0.29) is 52.2 Å². The number of carboxylic acid groups (broad SMARTS) is 1. The highest BCUT2D eigenvalue weighted by Crippen LogP contribution is 1.99. The lowest BCUT2D eigenvalue weighted by molar-refractivity contribution is -0.137. The summed E-state index contributed by atoms with van der Waals surface area (Å²) in [7, 11) is 0. The molecule has 0 radical (unpaired) electrons. The first kappa shape index (κ1) is 17.3. The van der Waals surface area contributed by atoms with E-state index >= 15 is 0 Å². The number of hydrogen-bond donors (Lipinski definition) is 3. The zero-order valence-electron chi connectivity index (χ0n) is 10.4. The molecule has 0 aromatic carbocycles. The van der Waals surface area contributed by atoms with Crippen molar-refractivity contribution in [3.8, 4) is 0 Å². The predicted molar refractivity (Wildman–Crippen MR) is 62.4 cm³/mol. The molecule has 7 nitrogen and oxygen atoms in total. The number of aliphatic carboxylic acids is 1. The zero-order chi connectivity index (χ0) is 13.6. The van der Waals surface area contributed by atoms with Crippen LogP contribution in [0.4, 0.5) is 0 Å². The zero-order valence-corrected chi connectivity index (χ0v) is 10.4. The van der Waals surface area contributed by atoms with Crippen LogP contribution in [-0.4, -0.2) is 73.6 Å². The van der Waals surface area contributed by atoms with Crippen LogP contribution in [0.2, 0.25) is 0 Å². The van der Waals surface area contributed by atoms with Crippen molar-refractivity contribution >= 4 is 5.97 Å². The Morgan fingerprint density at radius 3 is 2.00 bits per heavy atom. The van der Waals surface area contributed by atoms with Crippen molar-refractivity contribution in [1.29, 1.82) is 0 Å². The molecule has 0 saturated heterocycles. The Kier molecular flexibility index (Phi) is 12.2. The molecule has 0 spiro atoms. The number of hydrogen-bond acceptors (Lipinski definition) is 6. The van der Waals surface area contributed by atoms with Gasteiger partial charge in [-0.25, -0.2) is 0 Å². The van der Waals surface area contributed by atoms with Crippen LogP contribution >= 0.6 is 0 Å². The Balaban J connectivity index is 3.69. The van der Waals surface area contributed by atoms with Gasteiger partial charge < -0.3 is 29.5 Å². The fourth-order valence-electron chi connectivity index (χ4n) is 1.18. The monoisotopic (exact) mass is 266 g/mol. The van der Waals surface area contributed by atoms with Gasteiger partial charge in [-0.3, -0.25) is 4.79 Å². The van der Waals surface area contributed by atoms with E-state index in [1.54, 1.807) is 0 Å². The summed E-state index contributed by atoms with van der Waals surface area (Å²) in [6.45, 7) is 1.14. The average molecular weight is 266 g/mol. The minimum Gasteiger partial charge on any atom is -0.481 e. The molecule has 0 saturated carbocycles. The van der Waals surface area contributed by atoms with Crippen molar-refractivity contribution in [2.75, 3.05) is 46.2 Å². The largest absolute Gasteiger partial charge is 0.481 e. The topological polar surface area (TPSA) is 105 Å². The van der Waals surface area contributed by atoms with Gasteiger partial charge in [-0.05, 0) is 6.42 Å². The highest BCUT2D eigenvalue weighted by Gasteiger charge is 2.10. The molecule has 0 aliphatic carbocycles. The molecular formula is C11H22O7. The van der Waals surface area contributed by atoms with Crippen LogP contribution in [0.1, 0.15) is 12.8 Å². The third-order valence-corrected chi connectivity index (χ3v) is 1.97. The van der Waals surface area contributed by atoms with Crippen molar-refractivity contribution in [3.05, 3.63) is 0 Å². The van der Waals surface area contributed by atoms with Gasteiger partial charge in [-0.15, -0.1) is 0 Å². The van der Waals surface area contributed by atoms with E-state index in [9.17, 15) is 4.79 Å². The molecule has 0 unspecified atom stereocenters. The van der Waals surface area contributed by atoms with Gasteiger partial charge in [-0.2, -0.15) is 0 Å². The second kappa shape index (κ2) is 12.7. The maximum absolute atomic E-state index is 10.3. The molecule has 0 rings (SSSR count). The summed E-state index contributed by atoms with van der Waals surface area (Å²) in [6.07, 6.45) is 0.157. The lowest BCUT2D eigenvalue weighted by atomic mass is 10.3. The molecule has 0 atom stereocenters. The van der Waals surface area contributed by atoms with Crippen LogP contribution in [0.5, 0.6) is 0 Å². The second-order valence-corrected chi connectivity index (χ2v) is 3.59. The third-order valence-electron chi connectivity index (χ3n) is 1.97. The molecule has 0 aromatic heterocycles. The van der Waals surface area contributed by atoms with Gasteiger partial charge >= 0.3 is 5.97 Å². The van der Waals surface area contributed by atoms with Gasteiger partial charge in [-0.1, -0.05) is 0 Å². The molecule has 0 amide bonds. The summed E-state index contributed by atoms with van der Waals surface area (Å²) in [6, 6.07) is 0. The summed E-state index contributed by atoms with van der Waals surface area (Å²) in [5.74, 6) is -0.858. The van der Waals surface area contributed by atoms with E-state index < -0.39 is 5.97 Å². The Bertz CT molecular complexity index is 188. The van der Waals surface area contributed by atoms with Crippen LogP contribution in [0, 0.1) is 0 Å². The molecule has 7 heteroatoms. The highest BCUT2D eigenvalue weighted by atomic mass is 16.6. The fourth-order valence-corrected chi connectivity index (χ4v) is 1.18. The summed E-state index contributed by atoms with van der Waals surface area (Å²) in [5, 5.41) is 25.6. The summed E-state index contributed by atoms with van der Waals surface area (Å²) in [5.41, 5.74) is 0. The molecule has 0 fully saturated rings. The van der Waals surface area contributed by atoms with Crippen molar-refractivity contribution < 1.29 is 34.3 Å². The molecule has 3 N–H and O–H groups in total. The summed E-state index contributed by atoms with van der Waals surface area (Å²) < 4.78 is 15.6. The number of aliphatic hydroxyl groups excluding tert-OH is 2. The van der Waals surface area contributed by atoms with Crippen molar-refractivity contribution in [1.82, 2.24) is 0 Å². The highest BCUT2D eigenvalue weighted by molar-refractivity contribution is 5.66. The van der Waals surface area contributed by atoms with Crippen LogP contribution in [0.3, 0.4) is 0 Å². The number of carboxylic acids is 1. The smallest absolute Gasteiger partial charge is 0.303 e. The molecule has 0 heterocycles. The van der Waals surface area contributed by atoms with E-state index in [1.165, 1.54) is 0 Å². The van der Waals surface area contributed by atoms with Gasteiger partial charge in [0.15, 0.2) is 0 Å². The van der Waals surface area contributed by atoms with E-state index in [0.29, 0.717) is 13.0 Å². The number of carbonyl (C=O) groups is 1. The van der Waals surface area contributed by atoms with Gasteiger partial charge in [0.25, 0.3) is 0 Å². The van der Waals surface area contributed by atoms with Crippen LogP contribution in [-0.2, 0) is 19.0 Å². The number of rotatable bonds is 13. The Labute approximate surface area is 106 Å². The molecule has 18 heavy (non-hydrogen) atoms. The van der Waals surface area contributed by atoms with Gasteiger partial charge in [0.1, 0.15) is 6.10 Å². The van der Waals surface area contributed by atoms with E-state index in [0.717, 1.165) is 0 Å². The summed E-state index contributed by atoms with van der Waals surface area (Å²) in [4.78, 5) is 10.3. The normalized spacial score (nSPS) is 11.1. The minimum absolute atomic E-state index is 0.0573. The van der Waals surface area contributed by atoms with Crippen LogP contribution in [0.15, 0.2) is 0 Å². The van der Waals surface area contributed by atoms with E-state index in [4.69, 9.17) is 29.5 Å². The van der Waals surface area contributed by atoms with Crippen LogP contribution < -0.4 is 0 Å². The molecule has 108 valence electrons. The van der Waals surface area contributed by atoms with Crippen molar-refractivity contribution in [2.45, 2.75) is 18.9 Å². The van der Waals surface area contributed by atoms with Crippen molar-refractivity contribution in [3.63, 3.8) is 0 Å². The first-order chi connectivity index (χ1) is 8.70. The predicted octanol–water partition coefficient (Wildman–Crippen LogP) is -0.746. The first-order valence-electron chi connectivity index (χ1n) is 5.91. The third kappa shape index (κ3) is 11.7. The molecule has 0 aromatic rings. The van der Waals surface area contributed by atoms with Gasteiger partial charge in [0.2, 0.25) is 0 Å². The standard InChI is InChI=1S/C11H22O7/c12-3-6-16-8-10(9-17-7-4-13)18-5-1-2-11(14)15/h10,12-13H,1-9H2,(H,14,15). The molecule has 0 aliphatic heterocycles. The SMILES string of the molecule is O=C(O)CCCOC(COCCO)COCCO. The number of ether oxygens (including phenoxy) is 3. The lowest BCUT2D eigenvalue weighted by Gasteiger charge is -2.17. The van der Waals surface area contributed by atoms with Crippen molar-refractivity contribution in [2.24, 2.45) is 0 Å². The summed E-state index contributed by atoms with van der Waals surface area (Å²) >= 11 is 0. The molecule has 0 bridgehead atoms. The first-order valence-corrected chi connectivity index (χ1v) is 5.91. The minimum atomic E-state index is -0.858. The Morgan fingerprint density at radius 2 is 1.56 bits per heavy atom. The van der Waals surface area contributed by atoms with E-state index in [1.807, 2.05) is 0 Å². The van der Waals surface area contributed by atoms with E-state index in [2.05, 4.69) is 0 Å². The molecular weight excluding hydrogens is 244 g/mol. The van der Waals surface area contributed by atoms with Gasteiger partial charge in [0.05, 0.1) is 39.6 Å². The fraction of sp³-hybridized carbons (Fsp3) is 0.909. The average Bonchev–Trinajstić information content (AvgIpc) is 2.34. The van der Waals surface area contributed by atoms with Gasteiger partial charge in [0, 0.05) is 13.0 Å². The lowest BCUT2D eigenvalue weighted by Crippen LogP contribution is -2.27. The number of aliphatic hydroxyl groups is 2. The Hall–Kier alpha value is -0.730. The maximum atomic E-state index is 10.3. The quantitative estimate of drug-likeness (QED) is 0.377.